The molecule has 4 heteroatoms. The first-order valence-electron chi connectivity index (χ1n) is 6.01. The smallest absolute Gasteiger partial charge is 0.208 e. The fourth-order valence-electron chi connectivity index (χ4n) is 1.69. The van der Waals surface area contributed by atoms with Crippen LogP contribution in [0.1, 0.15) is 28.5 Å². The van der Waals surface area contributed by atoms with Crippen LogP contribution >= 0.6 is 0 Å². The molecule has 1 aromatic heterocycles. The van der Waals surface area contributed by atoms with Crippen LogP contribution in [0.3, 0.4) is 0 Å². The number of nitrogens with zero attached hydrogens (tertiary/aromatic N) is 1. The Kier molecular flexibility index (Phi) is 4.12. The molecule has 2 aromatic rings. The number of rotatable bonds is 5. The van der Waals surface area contributed by atoms with Crippen molar-refractivity contribution in [1.29, 1.82) is 0 Å². The van der Waals surface area contributed by atoms with E-state index in [-0.39, 0.29) is 6.61 Å². The maximum atomic E-state index is 8.95. The van der Waals surface area contributed by atoms with Crippen LogP contribution < -0.4 is 5.32 Å². The topological polar surface area (TPSA) is 58.3 Å². The molecule has 0 atom stereocenters. The number of oxazole rings is 1. The molecule has 2 N–H and O–H groups in total. The summed E-state index contributed by atoms with van der Waals surface area (Å²) in [6.07, 6.45) is 0. The summed E-state index contributed by atoms with van der Waals surface area (Å²) >= 11 is 0. The zero-order valence-electron chi connectivity index (χ0n) is 10.7. The normalized spacial score (nSPS) is 10.8. The SMILES string of the molecule is Cc1nc(CNCc2ccc(CO)cc2)oc1C. The van der Waals surface area contributed by atoms with E-state index in [0.29, 0.717) is 6.54 Å². The molecule has 0 fully saturated rings. The molecule has 18 heavy (non-hydrogen) atoms. The number of hydrogen-bond acceptors (Lipinski definition) is 4. The van der Waals surface area contributed by atoms with E-state index in [0.717, 1.165) is 29.5 Å². The van der Waals surface area contributed by atoms with E-state index in [1.807, 2.05) is 38.1 Å². The zero-order chi connectivity index (χ0) is 13.0. The third-order valence-electron chi connectivity index (χ3n) is 2.88. The van der Waals surface area contributed by atoms with Gasteiger partial charge in [0, 0.05) is 6.54 Å². The summed E-state index contributed by atoms with van der Waals surface area (Å²) in [5.74, 6) is 1.59. The second-order valence-corrected chi connectivity index (χ2v) is 4.33. The molecule has 0 aliphatic rings. The Morgan fingerprint density at radius 1 is 1.11 bits per heavy atom. The van der Waals surface area contributed by atoms with E-state index in [4.69, 9.17) is 9.52 Å². The van der Waals surface area contributed by atoms with Crippen LogP contribution in [-0.4, -0.2) is 10.1 Å². The average Bonchev–Trinajstić information content (AvgIpc) is 2.69. The summed E-state index contributed by atoms with van der Waals surface area (Å²) in [6, 6.07) is 7.86. The quantitative estimate of drug-likeness (QED) is 0.848. The highest BCUT2D eigenvalue weighted by atomic mass is 16.4. The Bertz CT molecular complexity index is 484. The number of hydrogen-bond donors (Lipinski definition) is 2. The third kappa shape index (κ3) is 3.18. The second kappa shape index (κ2) is 5.80. The molecule has 0 bridgehead atoms. The van der Waals surface area contributed by atoms with Gasteiger partial charge in [-0.2, -0.15) is 0 Å². The maximum absolute atomic E-state index is 8.95. The van der Waals surface area contributed by atoms with Gasteiger partial charge in [-0.15, -0.1) is 0 Å². The van der Waals surface area contributed by atoms with E-state index in [1.165, 1.54) is 5.56 Å². The molecule has 96 valence electrons. The van der Waals surface area contributed by atoms with Crippen molar-refractivity contribution in [3.63, 3.8) is 0 Å². The van der Waals surface area contributed by atoms with Crippen molar-refractivity contribution in [2.24, 2.45) is 0 Å². The fraction of sp³-hybridized carbons (Fsp3) is 0.357. The lowest BCUT2D eigenvalue weighted by molar-refractivity contribution is 0.282. The first kappa shape index (κ1) is 12.8. The molecule has 0 saturated heterocycles. The van der Waals surface area contributed by atoms with Crippen LogP contribution in [0.25, 0.3) is 0 Å². The lowest BCUT2D eigenvalue weighted by atomic mass is 10.1. The molecule has 0 amide bonds. The number of benzene rings is 1. The van der Waals surface area contributed by atoms with Gasteiger partial charge in [-0.05, 0) is 25.0 Å². The highest BCUT2D eigenvalue weighted by Gasteiger charge is 2.04. The Hall–Kier alpha value is -1.65. The van der Waals surface area contributed by atoms with E-state index in [2.05, 4.69) is 10.3 Å². The van der Waals surface area contributed by atoms with Crippen molar-refractivity contribution >= 4 is 0 Å². The van der Waals surface area contributed by atoms with E-state index in [9.17, 15) is 0 Å². The van der Waals surface area contributed by atoms with Crippen LogP contribution in [0.2, 0.25) is 0 Å². The predicted octanol–water partition coefficient (Wildman–Crippen LogP) is 2.07. The first-order chi connectivity index (χ1) is 8.69. The Labute approximate surface area is 107 Å². The Morgan fingerprint density at radius 2 is 1.78 bits per heavy atom. The molecule has 0 saturated carbocycles. The molecule has 0 spiro atoms. The largest absolute Gasteiger partial charge is 0.444 e. The standard InChI is InChI=1S/C14H18N2O2/c1-10-11(2)18-14(16-10)8-15-7-12-3-5-13(9-17)6-4-12/h3-6,15,17H,7-9H2,1-2H3. The van der Waals surface area contributed by atoms with Crippen LogP contribution in [0.4, 0.5) is 0 Å². The lowest BCUT2D eigenvalue weighted by Gasteiger charge is -2.03. The summed E-state index contributed by atoms with van der Waals surface area (Å²) in [5.41, 5.74) is 3.05. The van der Waals surface area contributed by atoms with Crippen molar-refractivity contribution in [2.75, 3.05) is 0 Å². The number of aliphatic hydroxyl groups is 1. The van der Waals surface area contributed by atoms with Crippen LogP contribution in [0.15, 0.2) is 28.7 Å². The summed E-state index contributed by atoms with van der Waals surface area (Å²) in [7, 11) is 0. The number of aliphatic hydroxyl groups excluding tert-OH is 1. The van der Waals surface area contributed by atoms with Gasteiger partial charge in [0.2, 0.25) is 5.89 Å². The van der Waals surface area contributed by atoms with Gasteiger partial charge >= 0.3 is 0 Å². The Morgan fingerprint density at radius 3 is 2.33 bits per heavy atom. The monoisotopic (exact) mass is 246 g/mol. The molecule has 4 nitrogen and oxygen atoms in total. The van der Waals surface area contributed by atoms with Crippen molar-refractivity contribution in [1.82, 2.24) is 10.3 Å². The van der Waals surface area contributed by atoms with Crippen LogP contribution in [0, 0.1) is 13.8 Å². The molecule has 1 heterocycles. The van der Waals surface area contributed by atoms with Gasteiger partial charge in [0.15, 0.2) is 0 Å². The average molecular weight is 246 g/mol. The van der Waals surface area contributed by atoms with Gasteiger partial charge < -0.3 is 14.8 Å². The minimum Gasteiger partial charge on any atom is -0.444 e. The van der Waals surface area contributed by atoms with Crippen LogP contribution in [0.5, 0.6) is 0 Å². The molecule has 0 unspecified atom stereocenters. The van der Waals surface area contributed by atoms with Crippen LogP contribution in [-0.2, 0) is 19.7 Å². The third-order valence-corrected chi connectivity index (χ3v) is 2.88. The maximum Gasteiger partial charge on any atom is 0.208 e. The molecular weight excluding hydrogens is 228 g/mol. The van der Waals surface area contributed by atoms with E-state index >= 15 is 0 Å². The van der Waals surface area contributed by atoms with Crippen molar-refractivity contribution in [3.05, 3.63) is 52.7 Å². The minimum absolute atomic E-state index is 0.0859. The minimum atomic E-state index is 0.0859. The molecule has 0 aliphatic carbocycles. The highest BCUT2D eigenvalue weighted by molar-refractivity contribution is 5.21. The first-order valence-corrected chi connectivity index (χ1v) is 6.01. The van der Waals surface area contributed by atoms with Crippen molar-refractivity contribution in [3.8, 4) is 0 Å². The summed E-state index contributed by atoms with van der Waals surface area (Å²) in [4.78, 5) is 4.31. The van der Waals surface area contributed by atoms with E-state index < -0.39 is 0 Å². The highest BCUT2D eigenvalue weighted by Crippen LogP contribution is 2.08. The van der Waals surface area contributed by atoms with Gasteiger partial charge in [0.25, 0.3) is 0 Å². The second-order valence-electron chi connectivity index (χ2n) is 4.33. The summed E-state index contributed by atoms with van der Waals surface area (Å²) in [6.45, 7) is 5.32. The summed E-state index contributed by atoms with van der Waals surface area (Å²) in [5, 5.41) is 12.2. The van der Waals surface area contributed by atoms with Crippen molar-refractivity contribution < 1.29 is 9.52 Å². The summed E-state index contributed by atoms with van der Waals surface area (Å²) < 4.78 is 5.48. The Balaban J connectivity index is 1.84. The van der Waals surface area contributed by atoms with Crippen molar-refractivity contribution in [2.45, 2.75) is 33.5 Å². The van der Waals surface area contributed by atoms with Gasteiger partial charge in [-0.3, -0.25) is 0 Å². The molecular formula is C14H18N2O2. The van der Waals surface area contributed by atoms with Gasteiger partial charge in [-0.1, -0.05) is 24.3 Å². The number of nitrogens with one attached hydrogen (secondary N) is 1. The van der Waals surface area contributed by atoms with Gasteiger partial charge in [-0.25, -0.2) is 4.98 Å². The molecule has 2 rings (SSSR count). The zero-order valence-corrected chi connectivity index (χ0v) is 10.7. The number of aryl methyl sites for hydroxylation is 2. The molecule has 1 aromatic carbocycles. The predicted molar refractivity (Wildman–Crippen MR) is 68.9 cm³/mol. The van der Waals surface area contributed by atoms with Gasteiger partial charge in [0.1, 0.15) is 5.76 Å². The molecule has 0 radical (unpaired) electrons. The fourth-order valence-corrected chi connectivity index (χ4v) is 1.69. The number of aromatic nitrogens is 1. The van der Waals surface area contributed by atoms with Gasteiger partial charge in [0.05, 0.1) is 18.8 Å². The lowest BCUT2D eigenvalue weighted by Crippen LogP contribution is -2.12. The van der Waals surface area contributed by atoms with E-state index in [1.54, 1.807) is 0 Å². The molecule has 0 aliphatic heterocycles.